The van der Waals surface area contributed by atoms with Gasteiger partial charge < -0.3 is 10.6 Å². The molecule has 0 aliphatic carbocycles. The van der Waals surface area contributed by atoms with Gasteiger partial charge in [-0.05, 0) is 44.2 Å². The monoisotopic (exact) mass is 264 g/mol. The van der Waals surface area contributed by atoms with Gasteiger partial charge in [0.2, 0.25) is 0 Å². The summed E-state index contributed by atoms with van der Waals surface area (Å²) in [5, 5.41) is 6.45. The molecule has 1 fully saturated rings. The molecule has 18 heavy (non-hydrogen) atoms. The predicted octanol–water partition coefficient (Wildman–Crippen LogP) is 2.28. The normalized spacial score (nSPS) is 18.8. The third-order valence-corrected chi connectivity index (χ3v) is 4.09. The highest BCUT2D eigenvalue weighted by Crippen LogP contribution is 2.19. The van der Waals surface area contributed by atoms with Crippen LogP contribution in [0, 0.1) is 0 Å². The molecule has 3 nitrogen and oxygen atoms in total. The number of rotatable bonds is 5. The highest BCUT2D eigenvalue weighted by atomic mass is 32.2. The van der Waals surface area contributed by atoms with Crippen LogP contribution in [0.25, 0.3) is 0 Å². The first-order chi connectivity index (χ1) is 8.81. The van der Waals surface area contributed by atoms with Crippen LogP contribution in [0.15, 0.2) is 29.2 Å². The molecule has 0 bridgehead atoms. The van der Waals surface area contributed by atoms with Crippen LogP contribution in [0.5, 0.6) is 0 Å². The summed E-state index contributed by atoms with van der Waals surface area (Å²) < 4.78 is 0. The molecule has 98 valence electrons. The van der Waals surface area contributed by atoms with Gasteiger partial charge in [0.05, 0.1) is 5.56 Å². The van der Waals surface area contributed by atoms with Crippen molar-refractivity contribution in [2.75, 3.05) is 19.3 Å². The van der Waals surface area contributed by atoms with Crippen LogP contribution in [0.3, 0.4) is 0 Å². The first-order valence-corrected chi connectivity index (χ1v) is 7.68. The van der Waals surface area contributed by atoms with Crippen molar-refractivity contribution in [1.82, 2.24) is 10.6 Å². The Bertz CT molecular complexity index is 403. The second kappa shape index (κ2) is 6.81. The van der Waals surface area contributed by atoms with E-state index in [2.05, 4.69) is 10.6 Å². The zero-order valence-electron chi connectivity index (χ0n) is 10.7. The number of nitrogens with one attached hydrogen (secondary N) is 2. The minimum Gasteiger partial charge on any atom is -0.352 e. The molecule has 0 radical (unpaired) electrons. The zero-order chi connectivity index (χ0) is 12.8. The van der Waals surface area contributed by atoms with Gasteiger partial charge in [0.25, 0.3) is 5.91 Å². The lowest BCUT2D eigenvalue weighted by molar-refractivity contribution is 0.0949. The summed E-state index contributed by atoms with van der Waals surface area (Å²) in [6.45, 7) is 1.87. The molecule has 1 heterocycles. The number of hydrogen-bond donors (Lipinski definition) is 2. The Morgan fingerprint density at radius 2 is 2.33 bits per heavy atom. The Balaban J connectivity index is 1.83. The van der Waals surface area contributed by atoms with E-state index in [1.807, 2.05) is 30.5 Å². The molecule has 1 aromatic rings. The van der Waals surface area contributed by atoms with Gasteiger partial charge in [-0.25, -0.2) is 0 Å². The molecule has 1 unspecified atom stereocenters. The highest BCUT2D eigenvalue weighted by molar-refractivity contribution is 7.98. The van der Waals surface area contributed by atoms with E-state index in [-0.39, 0.29) is 5.91 Å². The third-order valence-electron chi connectivity index (χ3n) is 3.29. The van der Waals surface area contributed by atoms with Crippen molar-refractivity contribution in [2.45, 2.75) is 30.2 Å². The Kier molecular flexibility index (Phi) is 5.08. The number of thioether (sulfide) groups is 1. The molecular weight excluding hydrogens is 244 g/mol. The van der Waals surface area contributed by atoms with Crippen molar-refractivity contribution >= 4 is 17.7 Å². The number of amides is 1. The summed E-state index contributed by atoms with van der Waals surface area (Å²) in [5.74, 6) is 0.0398. The van der Waals surface area contributed by atoms with Gasteiger partial charge in [0.15, 0.2) is 0 Å². The van der Waals surface area contributed by atoms with Gasteiger partial charge in [-0.15, -0.1) is 11.8 Å². The van der Waals surface area contributed by atoms with Crippen LogP contribution in [0.1, 0.15) is 29.6 Å². The van der Waals surface area contributed by atoms with Gasteiger partial charge in [0, 0.05) is 17.5 Å². The molecule has 0 saturated carbocycles. The number of benzene rings is 1. The summed E-state index contributed by atoms with van der Waals surface area (Å²) >= 11 is 1.61. The van der Waals surface area contributed by atoms with Crippen molar-refractivity contribution in [2.24, 2.45) is 0 Å². The van der Waals surface area contributed by atoms with Crippen LogP contribution in [0.2, 0.25) is 0 Å². The molecule has 2 rings (SSSR count). The summed E-state index contributed by atoms with van der Waals surface area (Å²) in [6, 6.07) is 8.33. The molecule has 1 aliphatic heterocycles. The lowest BCUT2D eigenvalue weighted by Gasteiger charge is -2.12. The van der Waals surface area contributed by atoms with E-state index in [1.165, 1.54) is 12.8 Å². The van der Waals surface area contributed by atoms with Crippen molar-refractivity contribution in [1.29, 1.82) is 0 Å². The van der Waals surface area contributed by atoms with Crippen LogP contribution in [-0.2, 0) is 0 Å². The number of carbonyl (C=O) groups excluding carboxylic acids is 1. The Morgan fingerprint density at radius 3 is 3.06 bits per heavy atom. The van der Waals surface area contributed by atoms with Crippen LogP contribution >= 0.6 is 11.8 Å². The summed E-state index contributed by atoms with van der Waals surface area (Å²) in [6.07, 6.45) is 5.51. The van der Waals surface area contributed by atoms with E-state index in [4.69, 9.17) is 0 Å². The van der Waals surface area contributed by atoms with E-state index < -0.39 is 0 Å². The average molecular weight is 264 g/mol. The van der Waals surface area contributed by atoms with Crippen LogP contribution < -0.4 is 10.6 Å². The summed E-state index contributed by atoms with van der Waals surface area (Å²) in [5.41, 5.74) is 0.782. The Morgan fingerprint density at radius 1 is 1.50 bits per heavy atom. The first kappa shape index (κ1) is 13.4. The first-order valence-electron chi connectivity index (χ1n) is 6.46. The standard InChI is InChI=1S/C14H20N2OS/c1-18-13-7-3-2-6-12(13)14(17)16-10-8-11-5-4-9-15-11/h2-3,6-7,11,15H,4-5,8-10H2,1H3,(H,16,17). The fraction of sp³-hybridized carbons (Fsp3) is 0.500. The fourth-order valence-corrected chi connectivity index (χ4v) is 2.89. The highest BCUT2D eigenvalue weighted by Gasteiger charge is 2.14. The molecule has 1 atom stereocenters. The zero-order valence-corrected chi connectivity index (χ0v) is 11.6. The van der Waals surface area contributed by atoms with Gasteiger partial charge in [0.1, 0.15) is 0 Å². The molecule has 1 saturated heterocycles. The van der Waals surface area contributed by atoms with Gasteiger partial charge >= 0.3 is 0 Å². The Labute approximate surface area is 113 Å². The third kappa shape index (κ3) is 3.50. The maximum atomic E-state index is 12.1. The van der Waals surface area contributed by atoms with Crippen molar-refractivity contribution in [3.63, 3.8) is 0 Å². The maximum Gasteiger partial charge on any atom is 0.252 e. The van der Waals surface area contributed by atoms with E-state index in [9.17, 15) is 4.79 Å². The fourth-order valence-electron chi connectivity index (χ4n) is 2.29. The predicted molar refractivity (Wildman–Crippen MR) is 76.2 cm³/mol. The molecule has 4 heteroatoms. The SMILES string of the molecule is CSc1ccccc1C(=O)NCCC1CCCN1. The molecule has 0 aromatic heterocycles. The molecule has 1 aromatic carbocycles. The molecule has 1 aliphatic rings. The number of hydrogen-bond acceptors (Lipinski definition) is 3. The minimum absolute atomic E-state index is 0.0398. The van der Waals surface area contributed by atoms with Crippen molar-refractivity contribution in [3.8, 4) is 0 Å². The van der Waals surface area contributed by atoms with Gasteiger partial charge in [-0.3, -0.25) is 4.79 Å². The molecule has 2 N–H and O–H groups in total. The average Bonchev–Trinajstić information content (AvgIpc) is 2.91. The van der Waals surface area contributed by atoms with Crippen molar-refractivity contribution in [3.05, 3.63) is 29.8 Å². The van der Waals surface area contributed by atoms with E-state index in [0.717, 1.165) is 30.0 Å². The second-order valence-electron chi connectivity index (χ2n) is 4.54. The van der Waals surface area contributed by atoms with Crippen LogP contribution in [0.4, 0.5) is 0 Å². The topological polar surface area (TPSA) is 41.1 Å². The van der Waals surface area contributed by atoms with Gasteiger partial charge in [-0.1, -0.05) is 12.1 Å². The molecule has 1 amide bonds. The Hall–Kier alpha value is -1.00. The van der Waals surface area contributed by atoms with Crippen molar-refractivity contribution < 1.29 is 4.79 Å². The maximum absolute atomic E-state index is 12.1. The molecular formula is C14H20N2OS. The summed E-state index contributed by atoms with van der Waals surface area (Å²) in [4.78, 5) is 13.1. The second-order valence-corrected chi connectivity index (χ2v) is 5.39. The van der Waals surface area contributed by atoms with Crippen LogP contribution in [-0.4, -0.2) is 31.3 Å². The van der Waals surface area contributed by atoms with Gasteiger partial charge in [-0.2, -0.15) is 0 Å². The quantitative estimate of drug-likeness (QED) is 0.802. The summed E-state index contributed by atoms with van der Waals surface area (Å²) in [7, 11) is 0. The lowest BCUT2D eigenvalue weighted by atomic mass is 10.1. The smallest absolute Gasteiger partial charge is 0.252 e. The van der Waals surface area contributed by atoms with E-state index in [0.29, 0.717) is 6.04 Å². The van der Waals surface area contributed by atoms with E-state index >= 15 is 0 Å². The molecule has 0 spiro atoms. The lowest BCUT2D eigenvalue weighted by Crippen LogP contribution is -2.30. The largest absolute Gasteiger partial charge is 0.352 e. The number of carbonyl (C=O) groups is 1. The van der Waals surface area contributed by atoms with E-state index in [1.54, 1.807) is 11.8 Å². The minimum atomic E-state index is 0.0398.